The second kappa shape index (κ2) is 6.46. The Labute approximate surface area is 104 Å². The summed E-state index contributed by atoms with van der Waals surface area (Å²) in [6, 6.07) is 0. The van der Waals surface area contributed by atoms with Gasteiger partial charge in [-0.1, -0.05) is 0 Å². The normalized spacial score (nSPS) is 10.3. The molecular formula is C11H15NO4S. The number of rotatable bonds is 4. The Balaban J connectivity index is 2.77. The third-order valence-corrected chi connectivity index (χ3v) is 3.00. The van der Waals surface area contributed by atoms with E-state index in [1.807, 2.05) is 0 Å². The summed E-state index contributed by atoms with van der Waals surface area (Å²) in [5.41, 5.74) is 1.50. The summed E-state index contributed by atoms with van der Waals surface area (Å²) in [6.45, 7) is 3.43. The van der Waals surface area contributed by atoms with Crippen molar-refractivity contribution in [1.82, 2.24) is 4.98 Å². The lowest BCUT2D eigenvalue weighted by Crippen LogP contribution is -2.01. The molecule has 0 radical (unpaired) electrons. The van der Waals surface area contributed by atoms with Crippen LogP contribution in [-0.2, 0) is 17.1 Å². The van der Waals surface area contributed by atoms with Gasteiger partial charge in [0.15, 0.2) is 0 Å². The lowest BCUT2D eigenvalue weighted by Gasteiger charge is -2.10. The average Bonchev–Trinajstić information content (AvgIpc) is 2.31. The molecule has 94 valence electrons. The zero-order valence-electron chi connectivity index (χ0n) is 9.77. The van der Waals surface area contributed by atoms with Gasteiger partial charge in [-0.25, -0.2) is 4.79 Å². The molecule has 0 unspecified atom stereocenters. The Morgan fingerprint density at radius 3 is 2.88 bits per heavy atom. The maximum absolute atomic E-state index is 11.2. The third kappa shape index (κ3) is 3.61. The van der Waals surface area contributed by atoms with Gasteiger partial charge in [0, 0.05) is 17.5 Å². The number of aryl methyl sites for hydroxylation is 1. The summed E-state index contributed by atoms with van der Waals surface area (Å²) < 4.78 is 4.77. The number of aromatic hydroxyl groups is 1. The molecule has 0 fully saturated rings. The average molecular weight is 257 g/mol. The number of nitrogens with zero attached hydrogens (tertiary/aromatic N) is 1. The van der Waals surface area contributed by atoms with Gasteiger partial charge in [-0.05, 0) is 31.2 Å². The zero-order valence-corrected chi connectivity index (χ0v) is 10.6. The molecule has 1 heterocycles. The predicted molar refractivity (Wildman–Crippen MR) is 64.9 cm³/mol. The van der Waals surface area contributed by atoms with Crippen molar-refractivity contribution in [3.05, 3.63) is 23.0 Å². The van der Waals surface area contributed by atoms with Crippen molar-refractivity contribution in [3.8, 4) is 5.75 Å². The van der Waals surface area contributed by atoms with Crippen molar-refractivity contribution in [2.45, 2.75) is 26.2 Å². The first-order chi connectivity index (χ1) is 8.10. The maximum atomic E-state index is 11.2. The Kier molecular flexibility index (Phi) is 5.24. The molecule has 1 rings (SSSR count). The first-order valence-electron chi connectivity index (χ1n) is 5.16. The van der Waals surface area contributed by atoms with Gasteiger partial charge in [-0.15, -0.1) is 0 Å². The molecule has 5 nitrogen and oxygen atoms in total. The van der Waals surface area contributed by atoms with E-state index in [0.29, 0.717) is 29.2 Å². The standard InChI is InChI=1S/C11H15NO4S/c1-3-16-11(15)17-6-8-4-12-7(2)10(14)9(8)5-13/h4,13-14H,3,5-6H2,1-2H3. The van der Waals surface area contributed by atoms with E-state index in [4.69, 9.17) is 4.74 Å². The highest BCUT2D eigenvalue weighted by Crippen LogP contribution is 2.26. The van der Waals surface area contributed by atoms with Crippen molar-refractivity contribution in [1.29, 1.82) is 0 Å². The number of thioether (sulfide) groups is 1. The van der Waals surface area contributed by atoms with Crippen LogP contribution in [0.2, 0.25) is 0 Å². The molecule has 0 aliphatic heterocycles. The largest absolute Gasteiger partial charge is 0.506 e. The van der Waals surface area contributed by atoms with Crippen molar-refractivity contribution < 1.29 is 19.7 Å². The van der Waals surface area contributed by atoms with E-state index in [-0.39, 0.29) is 17.7 Å². The number of carbonyl (C=O) groups excluding carboxylic acids is 1. The number of carbonyl (C=O) groups is 1. The molecule has 0 bridgehead atoms. The molecule has 0 aromatic carbocycles. The van der Waals surface area contributed by atoms with Crippen LogP contribution in [0, 0.1) is 6.92 Å². The molecule has 1 aromatic heterocycles. The van der Waals surface area contributed by atoms with Crippen molar-refractivity contribution in [2.75, 3.05) is 6.61 Å². The smallest absolute Gasteiger partial charge is 0.367 e. The number of hydrogen-bond acceptors (Lipinski definition) is 6. The number of hydrogen-bond donors (Lipinski definition) is 2. The molecule has 2 N–H and O–H groups in total. The number of aliphatic hydroxyl groups is 1. The van der Waals surface area contributed by atoms with E-state index in [0.717, 1.165) is 11.8 Å². The number of aliphatic hydroxyl groups excluding tert-OH is 1. The van der Waals surface area contributed by atoms with Crippen LogP contribution in [-0.4, -0.2) is 27.1 Å². The number of ether oxygens (including phenoxy) is 1. The first kappa shape index (κ1) is 13.8. The van der Waals surface area contributed by atoms with Gasteiger partial charge in [-0.3, -0.25) is 4.98 Å². The SMILES string of the molecule is CCOC(=O)SCc1cnc(C)c(O)c1CO. The van der Waals surface area contributed by atoms with Crippen LogP contribution in [0.5, 0.6) is 5.75 Å². The van der Waals surface area contributed by atoms with Crippen molar-refractivity contribution in [2.24, 2.45) is 0 Å². The van der Waals surface area contributed by atoms with Gasteiger partial charge >= 0.3 is 5.30 Å². The van der Waals surface area contributed by atoms with Crippen LogP contribution in [0.25, 0.3) is 0 Å². The van der Waals surface area contributed by atoms with Crippen LogP contribution in [0.15, 0.2) is 6.20 Å². The summed E-state index contributed by atoms with van der Waals surface area (Å²) in [7, 11) is 0. The van der Waals surface area contributed by atoms with Crippen LogP contribution in [0.3, 0.4) is 0 Å². The fourth-order valence-corrected chi connectivity index (χ4v) is 2.00. The summed E-state index contributed by atoms with van der Waals surface area (Å²) in [4.78, 5) is 15.1. The molecule has 0 saturated heterocycles. The fourth-order valence-electron chi connectivity index (χ4n) is 1.28. The fraction of sp³-hybridized carbons (Fsp3) is 0.455. The highest BCUT2D eigenvalue weighted by atomic mass is 32.2. The minimum Gasteiger partial charge on any atom is -0.506 e. The molecule has 1 aromatic rings. The van der Waals surface area contributed by atoms with Gasteiger partial charge in [-0.2, -0.15) is 0 Å². The van der Waals surface area contributed by atoms with E-state index in [9.17, 15) is 15.0 Å². The number of aromatic nitrogens is 1. The van der Waals surface area contributed by atoms with Gasteiger partial charge in [0.2, 0.25) is 0 Å². The predicted octanol–water partition coefficient (Wildman–Crippen LogP) is 1.98. The molecule has 0 atom stereocenters. The van der Waals surface area contributed by atoms with Crippen LogP contribution in [0.1, 0.15) is 23.7 Å². The van der Waals surface area contributed by atoms with Crippen LogP contribution in [0.4, 0.5) is 4.79 Å². The van der Waals surface area contributed by atoms with Crippen LogP contribution < -0.4 is 0 Å². The highest BCUT2D eigenvalue weighted by Gasteiger charge is 2.12. The van der Waals surface area contributed by atoms with Crippen molar-refractivity contribution in [3.63, 3.8) is 0 Å². The van der Waals surface area contributed by atoms with Gasteiger partial charge in [0.1, 0.15) is 5.75 Å². The maximum Gasteiger partial charge on any atom is 0.367 e. The van der Waals surface area contributed by atoms with E-state index < -0.39 is 0 Å². The van der Waals surface area contributed by atoms with Crippen LogP contribution >= 0.6 is 11.8 Å². The molecule has 0 saturated carbocycles. The second-order valence-electron chi connectivity index (χ2n) is 3.33. The summed E-state index contributed by atoms with van der Waals surface area (Å²) >= 11 is 0.975. The van der Waals surface area contributed by atoms with E-state index in [1.165, 1.54) is 0 Å². The van der Waals surface area contributed by atoms with E-state index >= 15 is 0 Å². The number of pyridine rings is 1. The van der Waals surface area contributed by atoms with E-state index in [2.05, 4.69) is 4.98 Å². The molecule has 0 spiro atoms. The summed E-state index contributed by atoms with van der Waals surface area (Å²) in [6.07, 6.45) is 1.55. The van der Waals surface area contributed by atoms with Crippen molar-refractivity contribution >= 4 is 17.1 Å². The van der Waals surface area contributed by atoms with Gasteiger partial charge in [0.25, 0.3) is 0 Å². The van der Waals surface area contributed by atoms with Gasteiger partial charge in [0.05, 0.1) is 18.9 Å². The Hall–Kier alpha value is -1.27. The molecule has 17 heavy (non-hydrogen) atoms. The molecule has 0 amide bonds. The molecule has 6 heteroatoms. The third-order valence-electron chi connectivity index (χ3n) is 2.20. The topological polar surface area (TPSA) is 79.7 Å². The minimum atomic E-state index is -0.378. The zero-order chi connectivity index (χ0) is 12.8. The molecule has 0 aliphatic carbocycles. The molecular weight excluding hydrogens is 242 g/mol. The monoisotopic (exact) mass is 257 g/mol. The Morgan fingerprint density at radius 2 is 2.29 bits per heavy atom. The lowest BCUT2D eigenvalue weighted by atomic mass is 10.1. The summed E-state index contributed by atoms with van der Waals surface area (Å²) in [5.74, 6) is 0.296. The Bertz CT molecular complexity index is 409. The van der Waals surface area contributed by atoms with E-state index in [1.54, 1.807) is 20.0 Å². The summed E-state index contributed by atoms with van der Waals surface area (Å²) in [5, 5.41) is 18.5. The minimum absolute atomic E-state index is 0.0190. The second-order valence-corrected chi connectivity index (χ2v) is 4.24. The van der Waals surface area contributed by atoms with Gasteiger partial charge < -0.3 is 14.9 Å². The lowest BCUT2D eigenvalue weighted by molar-refractivity contribution is 0.181. The molecule has 0 aliphatic rings. The first-order valence-corrected chi connectivity index (χ1v) is 6.15. The quantitative estimate of drug-likeness (QED) is 0.803. The highest BCUT2D eigenvalue weighted by molar-refractivity contribution is 8.12. The Morgan fingerprint density at radius 1 is 1.59 bits per heavy atom.